The smallest absolute Gasteiger partial charge is 0.235 e. The SMILES string of the molecule is Cc1[nH]c(S[C@H](C)C(=O)N2CCCC2)nc1Cc1ccccc1. The fourth-order valence-corrected chi connectivity index (χ4v) is 3.86. The molecular weight excluding hydrogens is 306 g/mol. The Hall–Kier alpha value is -1.75. The molecule has 4 nitrogen and oxygen atoms in total. The van der Waals surface area contributed by atoms with Crippen LogP contribution >= 0.6 is 11.8 Å². The van der Waals surface area contributed by atoms with Crippen LogP contribution in [0.15, 0.2) is 35.5 Å². The Labute approximate surface area is 141 Å². The van der Waals surface area contributed by atoms with Crippen molar-refractivity contribution in [3.05, 3.63) is 47.3 Å². The molecule has 1 amide bonds. The Morgan fingerprint density at radius 2 is 2.00 bits per heavy atom. The molecule has 3 rings (SSSR count). The third-order valence-electron chi connectivity index (χ3n) is 4.23. The summed E-state index contributed by atoms with van der Waals surface area (Å²) in [6.07, 6.45) is 3.08. The molecule has 1 aromatic carbocycles. The second kappa shape index (κ2) is 7.21. The molecule has 122 valence electrons. The maximum atomic E-state index is 12.4. The molecule has 23 heavy (non-hydrogen) atoms. The minimum atomic E-state index is -0.0942. The van der Waals surface area contributed by atoms with Crippen LogP contribution < -0.4 is 0 Å². The molecule has 1 aliphatic rings. The number of thioether (sulfide) groups is 1. The van der Waals surface area contributed by atoms with Gasteiger partial charge in [0.05, 0.1) is 10.9 Å². The molecule has 0 unspecified atom stereocenters. The van der Waals surface area contributed by atoms with E-state index in [0.29, 0.717) is 0 Å². The normalized spacial score (nSPS) is 15.8. The highest BCUT2D eigenvalue weighted by Gasteiger charge is 2.25. The van der Waals surface area contributed by atoms with Gasteiger partial charge < -0.3 is 9.88 Å². The van der Waals surface area contributed by atoms with Crippen LogP contribution in [0.2, 0.25) is 0 Å². The number of amides is 1. The minimum Gasteiger partial charge on any atom is -0.342 e. The van der Waals surface area contributed by atoms with Crippen LogP contribution in [0.3, 0.4) is 0 Å². The number of aryl methyl sites for hydroxylation is 1. The van der Waals surface area contributed by atoms with Gasteiger partial charge in [0.25, 0.3) is 0 Å². The molecule has 1 N–H and O–H groups in total. The van der Waals surface area contributed by atoms with Crippen LogP contribution in [-0.2, 0) is 11.2 Å². The Morgan fingerprint density at radius 1 is 1.30 bits per heavy atom. The van der Waals surface area contributed by atoms with Crippen molar-refractivity contribution in [2.24, 2.45) is 0 Å². The van der Waals surface area contributed by atoms with Gasteiger partial charge in [-0.05, 0) is 32.3 Å². The summed E-state index contributed by atoms with van der Waals surface area (Å²) in [4.78, 5) is 22.4. The van der Waals surface area contributed by atoms with Crippen molar-refractivity contribution in [1.29, 1.82) is 0 Å². The number of nitrogens with one attached hydrogen (secondary N) is 1. The van der Waals surface area contributed by atoms with Gasteiger partial charge in [-0.15, -0.1) is 0 Å². The molecule has 0 radical (unpaired) electrons. The number of H-pyrrole nitrogens is 1. The Kier molecular flexibility index (Phi) is 5.06. The summed E-state index contributed by atoms with van der Waals surface area (Å²) in [5.74, 6) is 0.228. The van der Waals surface area contributed by atoms with Gasteiger partial charge in [0.2, 0.25) is 5.91 Å². The first-order chi connectivity index (χ1) is 11.1. The van der Waals surface area contributed by atoms with Crippen molar-refractivity contribution in [1.82, 2.24) is 14.9 Å². The van der Waals surface area contributed by atoms with Gasteiger partial charge >= 0.3 is 0 Å². The summed E-state index contributed by atoms with van der Waals surface area (Å²) >= 11 is 1.53. The Bertz CT molecular complexity index is 662. The number of benzene rings is 1. The number of likely N-dealkylation sites (tertiary alicyclic amines) is 1. The number of aromatic nitrogens is 2. The van der Waals surface area contributed by atoms with Crippen molar-refractivity contribution < 1.29 is 4.79 Å². The molecule has 1 atom stereocenters. The van der Waals surface area contributed by atoms with Crippen molar-refractivity contribution in [3.63, 3.8) is 0 Å². The van der Waals surface area contributed by atoms with E-state index in [9.17, 15) is 4.79 Å². The van der Waals surface area contributed by atoms with Crippen molar-refractivity contribution in [2.75, 3.05) is 13.1 Å². The number of carbonyl (C=O) groups excluding carboxylic acids is 1. The zero-order valence-corrected chi connectivity index (χ0v) is 14.5. The number of imidazole rings is 1. The van der Waals surface area contributed by atoms with Crippen LogP contribution in [0.5, 0.6) is 0 Å². The second-order valence-electron chi connectivity index (χ2n) is 6.07. The zero-order valence-electron chi connectivity index (χ0n) is 13.7. The lowest BCUT2D eigenvalue weighted by atomic mass is 10.1. The summed E-state index contributed by atoms with van der Waals surface area (Å²) in [5, 5.41) is 0.747. The first kappa shape index (κ1) is 16.1. The molecule has 1 saturated heterocycles. The third-order valence-corrected chi connectivity index (χ3v) is 5.20. The van der Waals surface area contributed by atoms with Gasteiger partial charge in [-0.1, -0.05) is 42.1 Å². The second-order valence-corrected chi connectivity index (χ2v) is 7.40. The van der Waals surface area contributed by atoms with Crippen LogP contribution in [0.25, 0.3) is 0 Å². The van der Waals surface area contributed by atoms with E-state index in [1.54, 1.807) is 0 Å². The molecule has 1 fully saturated rings. The van der Waals surface area contributed by atoms with Gasteiger partial charge in [-0.2, -0.15) is 0 Å². The average Bonchev–Trinajstić information content (AvgIpc) is 3.18. The summed E-state index contributed by atoms with van der Waals surface area (Å²) in [7, 11) is 0. The molecule has 1 aromatic heterocycles. The van der Waals surface area contributed by atoms with Crippen LogP contribution in [0.4, 0.5) is 0 Å². The zero-order chi connectivity index (χ0) is 16.2. The topological polar surface area (TPSA) is 49.0 Å². The largest absolute Gasteiger partial charge is 0.342 e. The van der Waals surface area contributed by atoms with E-state index in [1.165, 1.54) is 17.3 Å². The molecule has 2 aromatic rings. The quantitative estimate of drug-likeness (QED) is 0.855. The standard InChI is InChI=1S/C18H23N3OS/c1-13-16(12-15-8-4-3-5-9-15)20-18(19-13)23-14(2)17(22)21-10-6-7-11-21/h3-5,8-9,14H,6-7,10-12H2,1-2H3,(H,19,20)/t14-/m1/s1. The Balaban J connectivity index is 1.64. The van der Waals surface area contributed by atoms with Crippen molar-refractivity contribution >= 4 is 17.7 Å². The number of hydrogen-bond donors (Lipinski definition) is 1. The number of aromatic amines is 1. The van der Waals surface area contributed by atoms with Gasteiger partial charge in [0.15, 0.2) is 5.16 Å². The van der Waals surface area contributed by atoms with Gasteiger partial charge in [-0.25, -0.2) is 4.98 Å². The number of hydrogen-bond acceptors (Lipinski definition) is 3. The molecule has 0 bridgehead atoms. The van der Waals surface area contributed by atoms with E-state index >= 15 is 0 Å². The first-order valence-electron chi connectivity index (χ1n) is 8.18. The van der Waals surface area contributed by atoms with Crippen LogP contribution in [0, 0.1) is 6.92 Å². The minimum absolute atomic E-state index is 0.0942. The molecule has 0 aliphatic carbocycles. The highest BCUT2D eigenvalue weighted by molar-refractivity contribution is 8.00. The summed E-state index contributed by atoms with van der Waals surface area (Å²) in [5.41, 5.74) is 3.39. The summed E-state index contributed by atoms with van der Waals surface area (Å²) in [6, 6.07) is 10.3. The maximum Gasteiger partial charge on any atom is 0.235 e. The predicted molar refractivity (Wildman–Crippen MR) is 93.7 cm³/mol. The molecule has 0 spiro atoms. The van der Waals surface area contributed by atoms with Crippen molar-refractivity contribution in [2.45, 2.75) is 43.5 Å². The van der Waals surface area contributed by atoms with Crippen LogP contribution in [0.1, 0.15) is 36.7 Å². The number of carbonyl (C=O) groups is 1. The fraction of sp³-hybridized carbons (Fsp3) is 0.444. The van der Waals surface area contributed by atoms with E-state index in [2.05, 4.69) is 17.1 Å². The lowest BCUT2D eigenvalue weighted by Gasteiger charge is -2.19. The lowest BCUT2D eigenvalue weighted by molar-refractivity contribution is -0.129. The third kappa shape index (κ3) is 3.96. The first-order valence-corrected chi connectivity index (χ1v) is 9.06. The van der Waals surface area contributed by atoms with Gasteiger partial charge in [-0.3, -0.25) is 4.79 Å². The van der Waals surface area contributed by atoms with E-state index in [-0.39, 0.29) is 11.2 Å². The van der Waals surface area contributed by atoms with E-state index in [0.717, 1.165) is 48.9 Å². The number of rotatable bonds is 5. The maximum absolute atomic E-state index is 12.4. The molecule has 2 heterocycles. The molecule has 5 heteroatoms. The predicted octanol–water partition coefficient (Wildman–Crippen LogP) is 3.41. The van der Waals surface area contributed by atoms with Crippen LogP contribution in [-0.4, -0.2) is 39.1 Å². The van der Waals surface area contributed by atoms with Crippen molar-refractivity contribution in [3.8, 4) is 0 Å². The molecule has 1 aliphatic heterocycles. The van der Waals surface area contributed by atoms with Gasteiger partial charge in [0, 0.05) is 25.2 Å². The van der Waals surface area contributed by atoms with Gasteiger partial charge in [0.1, 0.15) is 0 Å². The lowest BCUT2D eigenvalue weighted by Crippen LogP contribution is -2.34. The Morgan fingerprint density at radius 3 is 2.70 bits per heavy atom. The highest BCUT2D eigenvalue weighted by atomic mass is 32.2. The van der Waals surface area contributed by atoms with E-state index in [4.69, 9.17) is 4.98 Å². The molecular formula is C18H23N3OS. The molecule has 0 saturated carbocycles. The number of nitrogens with zero attached hydrogens (tertiary/aromatic N) is 2. The fourth-order valence-electron chi connectivity index (χ4n) is 2.90. The monoisotopic (exact) mass is 329 g/mol. The van der Waals surface area contributed by atoms with E-state index in [1.807, 2.05) is 36.9 Å². The van der Waals surface area contributed by atoms with E-state index < -0.39 is 0 Å². The summed E-state index contributed by atoms with van der Waals surface area (Å²) < 4.78 is 0. The average molecular weight is 329 g/mol. The highest BCUT2D eigenvalue weighted by Crippen LogP contribution is 2.25. The summed E-state index contributed by atoms with van der Waals surface area (Å²) in [6.45, 7) is 5.82.